The molecule has 22 heavy (non-hydrogen) atoms. The fraction of sp³-hybridized carbons (Fsp3) is 0.0556. The third-order valence-electron chi connectivity index (χ3n) is 3.81. The molecule has 108 valence electrons. The third kappa shape index (κ3) is 1.97. The molecule has 0 aliphatic rings. The lowest BCUT2D eigenvalue weighted by molar-refractivity contribution is 0.412. The second-order valence-electron chi connectivity index (χ2n) is 5.18. The van der Waals surface area contributed by atoms with Crippen molar-refractivity contribution in [2.75, 3.05) is 7.11 Å². The number of aromatic amines is 1. The zero-order valence-electron chi connectivity index (χ0n) is 12.0. The maximum Gasteiger partial charge on any atom is 0.142 e. The Labute approximate surface area is 127 Å². The summed E-state index contributed by atoms with van der Waals surface area (Å²) in [6.45, 7) is 0. The molecule has 0 fully saturated rings. The van der Waals surface area contributed by atoms with Gasteiger partial charge in [0.2, 0.25) is 0 Å². The number of methoxy groups -OCH3 is 1. The molecule has 0 saturated carbocycles. The summed E-state index contributed by atoms with van der Waals surface area (Å²) in [6.07, 6.45) is 0. The van der Waals surface area contributed by atoms with Crippen LogP contribution in [0.25, 0.3) is 33.2 Å². The largest absolute Gasteiger partial charge is 0.507 e. The quantitative estimate of drug-likeness (QED) is 0.584. The van der Waals surface area contributed by atoms with Gasteiger partial charge < -0.3 is 14.8 Å². The normalized spacial score (nSPS) is 11.1. The van der Waals surface area contributed by atoms with Gasteiger partial charge in [-0.15, -0.1) is 0 Å². The summed E-state index contributed by atoms with van der Waals surface area (Å²) in [5, 5.41) is 12.4. The number of nitrogens with one attached hydrogen (secondary N) is 1. The average molecular weight is 290 g/mol. The Bertz CT molecular complexity index is 936. The number of hydrogen-bond acceptors (Lipinski definition) is 3. The highest BCUT2D eigenvalue weighted by Gasteiger charge is 2.11. The standard InChI is InChI=1S/C18H14N2O2/c1-22-13-6-7-17(21)14(10-13)18-19-15-8-11-4-2-3-5-12(11)9-16(15)20-18/h2-10,21H,1H3,(H,19,20). The zero-order valence-corrected chi connectivity index (χ0v) is 12.0. The first kappa shape index (κ1) is 12.7. The highest BCUT2D eigenvalue weighted by Crippen LogP contribution is 2.32. The molecule has 3 aromatic carbocycles. The van der Waals surface area contributed by atoms with Gasteiger partial charge in [-0.05, 0) is 41.1 Å². The molecule has 4 nitrogen and oxygen atoms in total. The summed E-state index contributed by atoms with van der Waals surface area (Å²) in [5.74, 6) is 1.48. The minimum atomic E-state index is 0.171. The van der Waals surface area contributed by atoms with Gasteiger partial charge in [-0.2, -0.15) is 0 Å². The maximum atomic E-state index is 10.1. The number of H-pyrrole nitrogens is 1. The van der Waals surface area contributed by atoms with Crippen molar-refractivity contribution in [2.45, 2.75) is 0 Å². The number of nitrogens with zero attached hydrogens (tertiary/aromatic N) is 1. The molecule has 0 aliphatic heterocycles. The van der Waals surface area contributed by atoms with Gasteiger partial charge in [0.15, 0.2) is 0 Å². The number of fused-ring (bicyclic) bond motifs is 2. The van der Waals surface area contributed by atoms with Crippen molar-refractivity contribution in [1.29, 1.82) is 0 Å². The fourth-order valence-corrected chi connectivity index (χ4v) is 2.66. The number of rotatable bonds is 2. The number of phenolic OH excluding ortho intramolecular Hbond substituents is 1. The van der Waals surface area contributed by atoms with Gasteiger partial charge in [0.1, 0.15) is 17.3 Å². The summed E-state index contributed by atoms with van der Waals surface area (Å²) < 4.78 is 5.22. The minimum Gasteiger partial charge on any atom is -0.507 e. The molecule has 0 unspecified atom stereocenters. The zero-order chi connectivity index (χ0) is 15.1. The number of hydrogen-bond donors (Lipinski definition) is 2. The van der Waals surface area contributed by atoms with Crippen LogP contribution < -0.4 is 4.74 Å². The first-order valence-electron chi connectivity index (χ1n) is 7.00. The van der Waals surface area contributed by atoms with Crippen molar-refractivity contribution in [3.8, 4) is 22.9 Å². The van der Waals surface area contributed by atoms with E-state index in [0.717, 1.165) is 21.8 Å². The Balaban J connectivity index is 1.94. The summed E-state index contributed by atoms with van der Waals surface area (Å²) in [4.78, 5) is 7.87. The molecular weight excluding hydrogens is 276 g/mol. The topological polar surface area (TPSA) is 58.1 Å². The average Bonchev–Trinajstić information content (AvgIpc) is 2.95. The van der Waals surface area contributed by atoms with Gasteiger partial charge in [0.25, 0.3) is 0 Å². The molecule has 4 heteroatoms. The highest BCUT2D eigenvalue weighted by atomic mass is 16.5. The minimum absolute atomic E-state index is 0.171. The lowest BCUT2D eigenvalue weighted by Gasteiger charge is -2.04. The van der Waals surface area contributed by atoms with Crippen molar-refractivity contribution in [3.63, 3.8) is 0 Å². The predicted octanol–water partition coefficient (Wildman–Crippen LogP) is 4.10. The Morgan fingerprint density at radius 1 is 1.00 bits per heavy atom. The molecule has 0 atom stereocenters. The van der Waals surface area contributed by atoms with Crippen LogP contribution in [-0.2, 0) is 0 Å². The van der Waals surface area contributed by atoms with Gasteiger partial charge in [0.05, 0.1) is 23.7 Å². The predicted molar refractivity (Wildman–Crippen MR) is 87.3 cm³/mol. The first-order valence-corrected chi connectivity index (χ1v) is 7.00. The molecule has 4 rings (SSSR count). The van der Waals surface area contributed by atoms with E-state index in [4.69, 9.17) is 4.74 Å². The Kier molecular flexibility index (Phi) is 2.76. The Hall–Kier alpha value is -3.01. The van der Waals surface area contributed by atoms with E-state index in [-0.39, 0.29) is 5.75 Å². The van der Waals surface area contributed by atoms with Crippen LogP contribution in [0.1, 0.15) is 0 Å². The van der Waals surface area contributed by atoms with E-state index in [9.17, 15) is 5.11 Å². The monoisotopic (exact) mass is 290 g/mol. The van der Waals surface area contributed by atoms with Crippen molar-refractivity contribution < 1.29 is 9.84 Å². The van der Waals surface area contributed by atoms with Gasteiger partial charge in [-0.3, -0.25) is 0 Å². The molecule has 0 spiro atoms. The fourth-order valence-electron chi connectivity index (χ4n) is 2.66. The number of aromatic nitrogens is 2. The van der Waals surface area contributed by atoms with Gasteiger partial charge in [0, 0.05) is 0 Å². The number of benzene rings is 3. The molecular formula is C18H14N2O2. The van der Waals surface area contributed by atoms with Gasteiger partial charge >= 0.3 is 0 Å². The molecule has 0 bridgehead atoms. The van der Waals surface area contributed by atoms with Crippen LogP contribution in [0.4, 0.5) is 0 Å². The van der Waals surface area contributed by atoms with E-state index in [2.05, 4.69) is 28.2 Å². The molecule has 0 aliphatic carbocycles. The van der Waals surface area contributed by atoms with Crippen LogP contribution in [0.15, 0.2) is 54.6 Å². The lowest BCUT2D eigenvalue weighted by Crippen LogP contribution is -1.86. The van der Waals surface area contributed by atoms with Gasteiger partial charge in [-0.25, -0.2) is 4.98 Å². The van der Waals surface area contributed by atoms with Gasteiger partial charge in [-0.1, -0.05) is 24.3 Å². The van der Waals surface area contributed by atoms with Crippen LogP contribution in [0.2, 0.25) is 0 Å². The number of imidazole rings is 1. The summed E-state index contributed by atoms with van der Waals surface area (Å²) in [5.41, 5.74) is 2.44. The van der Waals surface area contributed by atoms with E-state index in [1.165, 1.54) is 0 Å². The third-order valence-corrected chi connectivity index (χ3v) is 3.81. The molecule has 0 radical (unpaired) electrons. The van der Waals surface area contributed by atoms with Crippen LogP contribution >= 0.6 is 0 Å². The van der Waals surface area contributed by atoms with Crippen LogP contribution in [0.5, 0.6) is 11.5 Å². The molecule has 4 aromatic rings. The molecule has 1 heterocycles. The summed E-state index contributed by atoms with van der Waals surface area (Å²) in [6, 6.07) is 17.4. The second kappa shape index (κ2) is 4.77. The Morgan fingerprint density at radius 3 is 2.55 bits per heavy atom. The summed E-state index contributed by atoms with van der Waals surface area (Å²) in [7, 11) is 1.60. The number of ether oxygens (including phenoxy) is 1. The smallest absolute Gasteiger partial charge is 0.142 e. The van der Waals surface area contributed by atoms with E-state index in [1.54, 1.807) is 25.3 Å². The van der Waals surface area contributed by atoms with E-state index in [0.29, 0.717) is 17.1 Å². The lowest BCUT2D eigenvalue weighted by atomic mass is 10.1. The molecule has 2 N–H and O–H groups in total. The van der Waals surface area contributed by atoms with Crippen molar-refractivity contribution in [2.24, 2.45) is 0 Å². The van der Waals surface area contributed by atoms with E-state index < -0.39 is 0 Å². The van der Waals surface area contributed by atoms with Crippen LogP contribution in [0.3, 0.4) is 0 Å². The molecule has 0 amide bonds. The number of aromatic hydroxyl groups is 1. The highest BCUT2D eigenvalue weighted by molar-refractivity contribution is 5.96. The molecule has 1 aromatic heterocycles. The Morgan fingerprint density at radius 2 is 1.77 bits per heavy atom. The van der Waals surface area contributed by atoms with Crippen LogP contribution in [0, 0.1) is 0 Å². The van der Waals surface area contributed by atoms with Crippen molar-refractivity contribution in [1.82, 2.24) is 9.97 Å². The first-order chi connectivity index (χ1) is 10.7. The van der Waals surface area contributed by atoms with E-state index in [1.807, 2.05) is 18.2 Å². The van der Waals surface area contributed by atoms with Crippen LogP contribution in [-0.4, -0.2) is 22.2 Å². The van der Waals surface area contributed by atoms with E-state index >= 15 is 0 Å². The van der Waals surface area contributed by atoms with Crippen molar-refractivity contribution in [3.05, 3.63) is 54.6 Å². The molecule has 0 saturated heterocycles. The van der Waals surface area contributed by atoms with Crippen molar-refractivity contribution >= 4 is 21.8 Å². The SMILES string of the molecule is COc1ccc(O)c(-c2nc3cc4ccccc4cc3[nH]2)c1. The second-order valence-corrected chi connectivity index (χ2v) is 5.18. The maximum absolute atomic E-state index is 10.1. The summed E-state index contributed by atoms with van der Waals surface area (Å²) >= 11 is 0. The number of phenols is 1.